The van der Waals surface area contributed by atoms with Crippen molar-refractivity contribution >= 4 is 0 Å². The van der Waals surface area contributed by atoms with Crippen molar-refractivity contribution in [3.8, 4) is 0 Å². The van der Waals surface area contributed by atoms with Crippen molar-refractivity contribution < 1.29 is 18.0 Å². The molecule has 0 atom stereocenters. The molecule has 12 heavy (non-hydrogen) atoms. The first-order chi connectivity index (χ1) is 5.59. The molecule has 0 N–H and O–H groups in total. The van der Waals surface area contributed by atoms with Crippen LogP contribution >= 0.6 is 0 Å². The molecule has 1 fully saturated rings. The van der Waals surface area contributed by atoms with Gasteiger partial charge in [0, 0.05) is 5.92 Å². The van der Waals surface area contributed by atoms with Gasteiger partial charge in [-0.05, 0) is 18.9 Å². The topological polar surface area (TPSA) is 12.5 Å². The van der Waals surface area contributed by atoms with Gasteiger partial charge in [0.2, 0.25) is 0 Å². The van der Waals surface area contributed by atoms with E-state index in [1.54, 1.807) is 0 Å². The van der Waals surface area contributed by atoms with Gasteiger partial charge in [0.05, 0.1) is 5.70 Å². The lowest BCUT2D eigenvalue weighted by atomic mass is 10.3. The second-order valence-electron chi connectivity index (χ2n) is 2.87. The molecule has 2 aliphatic rings. The summed E-state index contributed by atoms with van der Waals surface area (Å²) < 4.78 is 36.4. The summed E-state index contributed by atoms with van der Waals surface area (Å²) in [5.41, 5.74) is 0.238. The number of alkyl halides is 3. The van der Waals surface area contributed by atoms with Crippen LogP contribution in [0.25, 0.3) is 0 Å². The summed E-state index contributed by atoms with van der Waals surface area (Å²) in [6, 6.07) is 0. The van der Waals surface area contributed by atoms with Gasteiger partial charge in [0.25, 0.3) is 0 Å². The van der Waals surface area contributed by atoms with Gasteiger partial charge >= 0.3 is 6.30 Å². The number of hydroxylamine groups is 2. The highest BCUT2D eigenvalue weighted by Gasteiger charge is 2.46. The molecular formula is C7H7F3NO. The summed E-state index contributed by atoms with van der Waals surface area (Å²) in [6.45, 7) is 1.07. The molecule has 1 radical (unpaired) electrons. The Balaban J connectivity index is 2.11. The van der Waals surface area contributed by atoms with Gasteiger partial charge in [0.1, 0.15) is 6.61 Å². The fourth-order valence-corrected chi connectivity index (χ4v) is 1.18. The van der Waals surface area contributed by atoms with E-state index < -0.39 is 6.30 Å². The molecule has 1 heterocycles. The second-order valence-corrected chi connectivity index (χ2v) is 2.87. The van der Waals surface area contributed by atoms with Crippen molar-refractivity contribution in [2.75, 3.05) is 0 Å². The lowest BCUT2D eigenvalue weighted by Crippen LogP contribution is -2.34. The maximum absolute atomic E-state index is 12.1. The van der Waals surface area contributed by atoms with Crippen LogP contribution in [0, 0.1) is 12.5 Å². The number of halogens is 3. The van der Waals surface area contributed by atoms with Crippen LogP contribution in [0.4, 0.5) is 13.2 Å². The molecule has 2 rings (SSSR count). The molecule has 0 aromatic rings. The van der Waals surface area contributed by atoms with Crippen LogP contribution in [-0.4, -0.2) is 11.4 Å². The fourth-order valence-electron chi connectivity index (χ4n) is 1.18. The Morgan fingerprint density at radius 2 is 2.08 bits per heavy atom. The van der Waals surface area contributed by atoms with Gasteiger partial charge in [-0.15, -0.1) is 13.2 Å². The molecule has 0 aromatic carbocycles. The molecule has 0 spiro atoms. The second kappa shape index (κ2) is 2.39. The summed E-state index contributed by atoms with van der Waals surface area (Å²) in [5, 5.41) is 0.0324. The van der Waals surface area contributed by atoms with Crippen LogP contribution in [0.15, 0.2) is 11.8 Å². The zero-order valence-corrected chi connectivity index (χ0v) is 6.14. The molecule has 0 aromatic heterocycles. The Morgan fingerprint density at radius 1 is 1.42 bits per heavy atom. The van der Waals surface area contributed by atoms with Crippen molar-refractivity contribution in [1.82, 2.24) is 5.06 Å². The van der Waals surface area contributed by atoms with E-state index in [1.165, 1.54) is 6.08 Å². The fraction of sp³-hybridized carbons (Fsp3) is 0.571. The summed E-state index contributed by atoms with van der Waals surface area (Å²) in [7, 11) is 0. The quantitative estimate of drug-likeness (QED) is 0.571. The SMILES string of the molecule is FC(F)(F)N1O[CH]C=C1C1CC1. The van der Waals surface area contributed by atoms with E-state index in [0.717, 1.165) is 19.4 Å². The third kappa shape index (κ3) is 1.29. The third-order valence-electron chi connectivity index (χ3n) is 1.87. The average Bonchev–Trinajstić information content (AvgIpc) is 2.65. The van der Waals surface area contributed by atoms with E-state index in [9.17, 15) is 13.2 Å². The molecule has 1 aliphatic carbocycles. The molecule has 67 valence electrons. The summed E-state index contributed by atoms with van der Waals surface area (Å²) in [5.74, 6) is 0.0466. The molecule has 2 nitrogen and oxygen atoms in total. The summed E-state index contributed by atoms with van der Waals surface area (Å²) in [6.07, 6.45) is -1.38. The largest absolute Gasteiger partial charge is 0.508 e. The smallest absolute Gasteiger partial charge is 0.255 e. The van der Waals surface area contributed by atoms with Gasteiger partial charge in [-0.25, -0.2) is 0 Å². The summed E-state index contributed by atoms with van der Waals surface area (Å²) in [4.78, 5) is 4.32. The lowest BCUT2D eigenvalue weighted by molar-refractivity contribution is -0.336. The van der Waals surface area contributed by atoms with E-state index >= 15 is 0 Å². The number of allylic oxidation sites excluding steroid dienone is 1. The van der Waals surface area contributed by atoms with Crippen molar-refractivity contribution in [3.05, 3.63) is 18.4 Å². The predicted octanol–water partition coefficient (Wildman–Crippen LogP) is 2.21. The molecule has 1 aliphatic heterocycles. The zero-order valence-electron chi connectivity index (χ0n) is 6.14. The van der Waals surface area contributed by atoms with E-state index in [2.05, 4.69) is 4.84 Å². The zero-order chi connectivity index (χ0) is 8.77. The first-order valence-corrected chi connectivity index (χ1v) is 3.66. The van der Waals surface area contributed by atoms with Crippen LogP contribution < -0.4 is 0 Å². The van der Waals surface area contributed by atoms with Gasteiger partial charge < -0.3 is 0 Å². The number of hydrogen-bond acceptors (Lipinski definition) is 2. The lowest BCUT2D eigenvalue weighted by Gasteiger charge is -2.22. The average molecular weight is 178 g/mol. The normalized spacial score (nSPS) is 24.6. The Labute approximate surface area is 67.6 Å². The maximum Gasteiger partial charge on any atom is 0.508 e. The van der Waals surface area contributed by atoms with Gasteiger partial charge in [-0.3, -0.25) is 4.84 Å². The molecule has 0 unspecified atom stereocenters. The Morgan fingerprint density at radius 3 is 2.58 bits per heavy atom. The summed E-state index contributed by atoms with van der Waals surface area (Å²) >= 11 is 0. The van der Waals surface area contributed by atoms with Crippen LogP contribution in [0.5, 0.6) is 0 Å². The predicted molar refractivity (Wildman–Crippen MR) is 34.1 cm³/mol. The molecule has 0 amide bonds. The minimum atomic E-state index is -4.42. The first-order valence-electron chi connectivity index (χ1n) is 3.66. The van der Waals surface area contributed by atoms with Crippen LogP contribution in [-0.2, 0) is 4.84 Å². The highest BCUT2D eigenvalue weighted by Crippen LogP contribution is 2.44. The number of hydrogen-bond donors (Lipinski definition) is 0. The Hall–Kier alpha value is -0.710. The number of rotatable bonds is 1. The first kappa shape index (κ1) is 7.91. The monoisotopic (exact) mass is 178 g/mol. The van der Waals surface area contributed by atoms with Gasteiger partial charge in [0.15, 0.2) is 0 Å². The van der Waals surface area contributed by atoms with E-state index in [4.69, 9.17) is 0 Å². The van der Waals surface area contributed by atoms with Crippen LogP contribution in [0.2, 0.25) is 0 Å². The molecule has 0 bridgehead atoms. The Kier molecular flexibility index (Phi) is 1.57. The van der Waals surface area contributed by atoms with Crippen molar-refractivity contribution in [2.45, 2.75) is 19.1 Å². The molecule has 1 saturated carbocycles. The minimum Gasteiger partial charge on any atom is -0.255 e. The van der Waals surface area contributed by atoms with Gasteiger partial charge in [-0.1, -0.05) is 0 Å². The molecular weight excluding hydrogens is 171 g/mol. The highest BCUT2D eigenvalue weighted by atomic mass is 19.4. The van der Waals surface area contributed by atoms with Crippen LogP contribution in [0.1, 0.15) is 12.8 Å². The van der Waals surface area contributed by atoms with Crippen molar-refractivity contribution in [2.24, 2.45) is 5.92 Å². The number of nitrogens with zero attached hydrogens (tertiary/aromatic N) is 1. The van der Waals surface area contributed by atoms with E-state index in [-0.39, 0.29) is 16.7 Å². The standard InChI is InChI=1S/C7H7F3NO/c8-7(9,10)11-6(3-4-12-11)5-1-2-5/h3-5H,1-2H2. The van der Waals surface area contributed by atoms with E-state index in [1.807, 2.05) is 0 Å². The minimum absolute atomic E-state index is 0.0324. The van der Waals surface area contributed by atoms with Crippen molar-refractivity contribution in [1.29, 1.82) is 0 Å². The third-order valence-corrected chi connectivity index (χ3v) is 1.87. The maximum atomic E-state index is 12.1. The molecule has 0 saturated heterocycles. The highest BCUT2D eigenvalue weighted by molar-refractivity contribution is 5.16. The van der Waals surface area contributed by atoms with Crippen LogP contribution in [0.3, 0.4) is 0 Å². The van der Waals surface area contributed by atoms with Crippen molar-refractivity contribution in [3.63, 3.8) is 0 Å². The van der Waals surface area contributed by atoms with Gasteiger partial charge in [-0.2, -0.15) is 5.06 Å². The Bertz CT molecular complexity index is 219. The molecule has 5 heteroatoms. The van der Waals surface area contributed by atoms with E-state index in [0.29, 0.717) is 0 Å².